The summed E-state index contributed by atoms with van der Waals surface area (Å²) in [5.41, 5.74) is -2.32. The van der Waals surface area contributed by atoms with Crippen molar-refractivity contribution in [3.63, 3.8) is 0 Å². The van der Waals surface area contributed by atoms with Crippen LogP contribution >= 0.6 is 0 Å². The Kier molecular flexibility index (Phi) is 6.22. The number of hydrogen-bond acceptors (Lipinski definition) is 3. The first-order valence-corrected chi connectivity index (χ1v) is 10.9. The fourth-order valence-electron chi connectivity index (χ4n) is 3.35. The number of alkyl halides is 6. The molecule has 1 unspecified atom stereocenters. The number of carbonyl (C=O) groups is 1. The summed E-state index contributed by atoms with van der Waals surface area (Å²) in [6.07, 6.45) is -9.33. The fourth-order valence-corrected chi connectivity index (χ4v) is 3.93. The van der Waals surface area contributed by atoms with E-state index in [-0.39, 0.29) is 26.2 Å². The van der Waals surface area contributed by atoms with Gasteiger partial charge >= 0.3 is 12.4 Å². The van der Waals surface area contributed by atoms with Crippen LogP contribution in [0.3, 0.4) is 0 Å². The van der Waals surface area contributed by atoms with Crippen LogP contribution < -0.4 is 4.90 Å². The van der Waals surface area contributed by atoms with Crippen LogP contribution in [-0.2, 0) is 22.2 Å². The topological polar surface area (TPSA) is 60.9 Å². The number of rotatable bonds is 3. The first kappa shape index (κ1) is 23.9. The fraction of sp³-hybridized carbons (Fsp3) is 0.300. The molecule has 2 aromatic carbocycles. The van der Waals surface area contributed by atoms with Crippen LogP contribution in [0.15, 0.2) is 47.4 Å². The molecule has 174 valence electrons. The summed E-state index contributed by atoms with van der Waals surface area (Å²) in [5.74, 6) is 2.05. The maximum absolute atomic E-state index is 13.4. The van der Waals surface area contributed by atoms with E-state index in [2.05, 4.69) is 5.87 Å². The van der Waals surface area contributed by atoms with Gasteiger partial charge < -0.3 is 14.4 Å². The summed E-state index contributed by atoms with van der Waals surface area (Å²) < 4.78 is 99.6. The Morgan fingerprint density at radius 3 is 1.94 bits per heavy atom. The van der Waals surface area contributed by atoms with E-state index in [1.807, 2.05) is 0 Å². The zero-order valence-electron chi connectivity index (χ0n) is 16.4. The third-order valence-electron chi connectivity index (χ3n) is 5.02. The van der Waals surface area contributed by atoms with Crippen LogP contribution in [0.2, 0.25) is 0 Å². The Bertz CT molecular complexity index is 1100. The molecule has 1 amide bonds. The lowest BCUT2D eigenvalue weighted by molar-refractivity contribution is -0.138. The molecule has 12 heteroatoms. The highest BCUT2D eigenvalue weighted by Crippen LogP contribution is 2.34. The molecule has 0 radical (unpaired) electrons. The van der Waals surface area contributed by atoms with Crippen molar-refractivity contribution in [1.29, 1.82) is 0 Å². The molecule has 0 bridgehead atoms. The summed E-state index contributed by atoms with van der Waals surface area (Å²) in [6, 6.07) is 6.54. The number of amides is 1. The number of piperazine rings is 1. The highest BCUT2D eigenvalue weighted by Gasteiger charge is 2.37. The van der Waals surface area contributed by atoms with Crippen molar-refractivity contribution in [1.82, 2.24) is 4.90 Å². The Morgan fingerprint density at radius 1 is 0.906 bits per heavy atom. The van der Waals surface area contributed by atoms with Gasteiger partial charge in [-0.15, -0.1) is 0 Å². The normalized spacial score (nSPS) is 17.2. The molecule has 1 atom stereocenters. The van der Waals surface area contributed by atoms with Crippen LogP contribution in [0, 0.1) is 0 Å². The largest absolute Gasteiger partial charge is 0.417 e. The minimum Gasteiger partial charge on any atom is -0.368 e. The minimum atomic E-state index is -4.86. The highest BCUT2D eigenvalue weighted by molar-refractivity contribution is 7.95. The van der Waals surface area contributed by atoms with Crippen LogP contribution in [0.5, 0.6) is 0 Å². The Labute approximate surface area is 180 Å². The third kappa shape index (κ3) is 5.18. The molecule has 1 aliphatic rings. The lowest BCUT2D eigenvalue weighted by atomic mass is 10.1. The van der Waals surface area contributed by atoms with Gasteiger partial charge in [0.2, 0.25) is 0 Å². The number of halogens is 6. The maximum atomic E-state index is 13.4. The van der Waals surface area contributed by atoms with E-state index < -0.39 is 49.6 Å². The van der Waals surface area contributed by atoms with Gasteiger partial charge in [-0.05, 0) is 48.3 Å². The number of hydrogen-bond donors (Lipinski definition) is 1. The van der Waals surface area contributed by atoms with Crippen molar-refractivity contribution in [2.45, 2.75) is 17.2 Å². The van der Waals surface area contributed by atoms with Crippen LogP contribution in [0.1, 0.15) is 21.5 Å². The SMILES string of the molecule is C=S(=O)(O)c1ccc(C(F)(F)F)c(C(=O)N2CCN(c3ccc(C(F)(F)F)cc3)CC2)c1. The van der Waals surface area contributed by atoms with Gasteiger partial charge in [-0.3, -0.25) is 4.79 Å². The number of carbonyl (C=O) groups excluding carboxylic acids is 1. The van der Waals surface area contributed by atoms with Crippen LogP contribution in [0.25, 0.3) is 0 Å². The smallest absolute Gasteiger partial charge is 0.368 e. The van der Waals surface area contributed by atoms with Gasteiger partial charge in [0.1, 0.15) is 9.80 Å². The number of anilines is 1. The van der Waals surface area contributed by atoms with Gasteiger partial charge in [-0.1, -0.05) is 0 Å². The van der Waals surface area contributed by atoms with Crippen molar-refractivity contribution >= 4 is 27.3 Å². The van der Waals surface area contributed by atoms with Crippen molar-refractivity contribution in [2.24, 2.45) is 0 Å². The molecule has 1 fully saturated rings. The summed E-state index contributed by atoms with van der Waals surface area (Å²) >= 11 is 0. The molecule has 2 aromatic rings. The molecule has 1 aliphatic heterocycles. The molecule has 3 rings (SSSR count). The predicted molar refractivity (Wildman–Crippen MR) is 107 cm³/mol. The Morgan fingerprint density at radius 2 is 1.47 bits per heavy atom. The molecule has 32 heavy (non-hydrogen) atoms. The standard InChI is InChI=1S/C20H18F6N2O3S/c1-32(30,31)15-6-7-17(20(24,25)26)16(12-15)18(29)28-10-8-27(9-11-28)14-4-2-13(3-5-14)19(21,22)23/h2-7,12H,1,8-11H2,(H,30,31). The first-order chi connectivity index (χ1) is 14.7. The van der Waals surface area contributed by atoms with E-state index in [4.69, 9.17) is 0 Å². The van der Waals surface area contributed by atoms with E-state index >= 15 is 0 Å². The second-order valence-electron chi connectivity index (χ2n) is 7.17. The second-order valence-corrected chi connectivity index (χ2v) is 8.92. The first-order valence-electron chi connectivity index (χ1n) is 9.20. The summed E-state index contributed by atoms with van der Waals surface area (Å²) in [5, 5.41) is 0. The van der Waals surface area contributed by atoms with Gasteiger partial charge in [-0.25, -0.2) is 4.21 Å². The van der Waals surface area contributed by atoms with Gasteiger partial charge in [-0.2, -0.15) is 26.3 Å². The maximum Gasteiger partial charge on any atom is 0.417 e. The molecule has 0 saturated carbocycles. The van der Waals surface area contributed by atoms with E-state index in [0.717, 1.165) is 29.2 Å². The van der Waals surface area contributed by atoms with E-state index in [9.17, 15) is 39.9 Å². The zero-order valence-corrected chi connectivity index (χ0v) is 17.2. The van der Waals surface area contributed by atoms with Crippen LogP contribution in [-0.4, -0.2) is 51.6 Å². The summed E-state index contributed by atoms with van der Waals surface area (Å²) in [7, 11) is -3.84. The van der Waals surface area contributed by atoms with Crippen molar-refractivity contribution in [3.05, 3.63) is 59.2 Å². The Balaban J connectivity index is 1.79. The van der Waals surface area contributed by atoms with Gasteiger partial charge in [0, 0.05) is 31.9 Å². The van der Waals surface area contributed by atoms with E-state index in [1.54, 1.807) is 4.90 Å². The predicted octanol–water partition coefficient (Wildman–Crippen LogP) is 4.23. The molecule has 5 nitrogen and oxygen atoms in total. The third-order valence-corrected chi connectivity index (χ3v) is 6.01. The van der Waals surface area contributed by atoms with Gasteiger partial charge in [0.05, 0.1) is 21.6 Å². The molecule has 1 N–H and O–H groups in total. The van der Waals surface area contributed by atoms with Gasteiger partial charge in [0.15, 0.2) is 0 Å². The van der Waals surface area contributed by atoms with Crippen molar-refractivity contribution in [2.75, 3.05) is 31.1 Å². The van der Waals surface area contributed by atoms with Gasteiger partial charge in [0.25, 0.3) is 5.91 Å². The molecule has 1 saturated heterocycles. The average Bonchev–Trinajstić information content (AvgIpc) is 2.71. The van der Waals surface area contributed by atoms with Crippen molar-refractivity contribution < 1.29 is 39.9 Å². The molecule has 0 aliphatic carbocycles. The highest BCUT2D eigenvalue weighted by atomic mass is 32.2. The molecule has 0 spiro atoms. The van der Waals surface area contributed by atoms with Crippen molar-refractivity contribution in [3.8, 4) is 0 Å². The molecular formula is C20H18F6N2O3S. The summed E-state index contributed by atoms with van der Waals surface area (Å²) in [6.45, 7) is 0.398. The zero-order chi connectivity index (χ0) is 23.9. The van der Waals surface area contributed by atoms with Crippen LogP contribution in [0.4, 0.5) is 32.0 Å². The number of benzene rings is 2. The minimum absolute atomic E-state index is 0.0141. The monoisotopic (exact) mass is 480 g/mol. The molecular weight excluding hydrogens is 462 g/mol. The molecule has 0 aromatic heterocycles. The molecule has 1 heterocycles. The summed E-state index contributed by atoms with van der Waals surface area (Å²) in [4.78, 5) is 15.3. The average molecular weight is 480 g/mol. The quantitative estimate of drug-likeness (QED) is 0.528. The number of nitrogens with zero attached hydrogens (tertiary/aromatic N) is 2. The lowest BCUT2D eigenvalue weighted by Crippen LogP contribution is -2.49. The second kappa shape index (κ2) is 8.32. The van der Waals surface area contributed by atoms with E-state index in [1.165, 1.54) is 12.1 Å². The Hall–Kier alpha value is -2.73. The van der Waals surface area contributed by atoms with E-state index in [0.29, 0.717) is 11.8 Å². The lowest BCUT2D eigenvalue weighted by Gasteiger charge is -2.36.